The molecule has 0 aliphatic heterocycles. The van der Waals surface area contributed by atoms with Crippen LogP contribution in [0.1, 0.15) is 41.4 Å². The number of hydrogen-bond donors (Lipinski definition) is 1. The van der Waals surface area contributed by atoms with Gasteiger partial charge in [0, 0.05) is 11.8 Å². The standard InChI is InChI=1S/C18H21NO3S/c1-4-14-8-10-15(11-9-14)13(2)19-18(20)16-6-5-7-17(12-16)23(3,21)22/h5-13H,4H2,1-3H3,(H,19,20). The summed E-state index contributed by atoms with van der Waals surface area (Å²) in [4.78, 5) is 12.5. The largest absolute Gasteiger partial charge is 0.346 e. The minimum Gasteiger partial charge on any atom is -0.346 e. The van der Waals surface area contributed by atoms with Crippen LogP contribution in [0.5, 0.6) is 0 Å². The van der Waals surface area contributed by atoms with Gasteiger partial charge in [-0.1, -0.05) is 37.3 Å². The van der Waals surface area contributed by atoms with Crippen molar-refractivity contribution in [1.82, 2.24) is 5.32 Å². The molecule has 0 bridgehead atoms. The van der Waals surface area contributed by atoms with Crippen molar-refractivity contribution in [3.8, 4) is 0 Å². The molecule has 1 N–H and O–H groups in total. The number of carbonyl (C=O) groups is 1. The van der Waals surface area contributed by atoms with Crippen molar-refractivity contribution in [2.45, 2.75) is 31.2 Å². The highest BCUT2D eigenvalue weighted by Gasteiger charge is 2.14. The number of amides is 1. The Balaban J connectivity index is 2.14. The van der Waals surface area contributed by atoms with E-state index in [-0.39, 0.29) is 16.8 Å². The van der Waals surface area contributed by atoms with Crippen LogP contribution in [0.25, 0.3) is 0 Å². The van der Waals surface area contributed by atoms with Gasteiger partial charge in [0.1, 0.15) is 0 Å². The summed E-state index contributed by atoms with van der Waals surface area (Å²) in [7, 11) is -3.33. The van der Waals surface area contributed by atoms with Crippen LogP contribution >= 0.6 is 0 Å². The molecule has 0 saturated carbocycles. The van der Waals surface area contributed by atoms with E-state index in [1.807, 2.05) is 31.2 Å². The van der Waals surface area contributed by atoms with Crippen LogP contribution in [0.2, 0.25) is 0 Å². The Morgan fingerprint density at radius 1 is 1.13 bits per heavy atom. The number of rotatable bonds is 5. The lowest BCUT2D eigenvalue weighted by molar-refractivity contribution is 0.0939. The van der Waals surface area contributed by atoms with Gasteiger partial charge in [0.25, 0.3) is 5.91 Å². The summed E-state index contributed by atoms with van der Waals surface area (Å²) in [6, 6.07) is 14.0. The topological polar surface area (TPSA) is 63.2 Å². The number of carbonyl (C=O) groups excluding carboxylic acids is 1. The fraction of sp³-hybridized carbons (Fsp3) is 0.278. The average molecular weight is 331 g/mol. The van der Waals surface area contributed by atoms with Gasteiger partial charge in [-0.2, -0.15) is 0 Å². The molecule has 0 spiro atoms. The molecule has 0 fully saturated rings. The molecule has 1 atom stereocenters. The van der Waals surface area contributed by atoms with Gasteiger partial charge in [0.2, 0.25) is 0 Å². The van der Waals surface area contributed by atoms with Crippen molar-refractivity contribution in [2.24, 2.45) is 0 Å². The Morgan fingerprint density at radius 2 is 1.78 bits per heavy atom. The fourth-order valence-corrected chi connectivity index (χ4v) is 2.94. The van der Waals surface area contributed by atoms with Crippen LogP contribution in [0.3, 0.4) is 0 Å². The molecule has 0 aromatic heterocycles. The van der Waals surface area contributed by atoms with Gasteiger partial charge in [0.15, 0.2) is 9.84 Å². The lowest BCUT2D eigenvalue weighted by atomic mass is 10.0. The van der Waals surface area contributed by atoms with Crippen molar-refractivity contribution >= 4 is 15.7 Å². The highest BCUT2D eigenvalue weighted by molar-refractivity contribution is 7.90. The summed E-state index contributed by atoms with van der Waals surface area (Å²) in [6.07, 6.45) is 2.10. The van der Waals surface area contributed by atoms with E-state index < -0.39 is 9.84 Å². The van der Waals surface area contributed by atoms with E-state index in [0.29, 0.717) is 5.56 Å². The lowest BCUT2D eigenvalue weighted by Gasteiger charge is -2.15. The Hall–Kier alpha value is -2.14. The molecular formula is C18H21NO3S. The number of sulfone groups is 1. The summed E-state index contributed by atoms with van der Waals surface area (Å²) in [5.74, 6) is -0.289. The molecule has 2 rings (SSSR count). The third-order valence-electron chi connectivity index (χ3n) is 3.76. The molecule has 2 aromatic carbocycles. The van der Waals surface area contributed by atoms with Crippen LogP contribution in [0.4, 0.5) is 0 Å². The maximum Gasteiger partial charge on any atom is 0.251 e. The zero-order chi connectivity index (χ0) is 17.0. The van der Waals surface area contributed by atoms with Gasteiger partial charge in [-0.3, -0.25) is 4.79 Å². The summed E-state index contributed by atoms with van der Waals surface area (Å²) in [5, 5.41) is 2.89. The Labute approximate surface area is 137 Å². The van der Waals surface area contributed by atoms with Crippen LogP contribution in [0, 0.1) is 0 Å². The third kappa shape index (κ3) is 4.42. The van der Waals surface area contributed by atoms with Crippen LogP contribution in [-0.2, 0) is 16.3 Å². The Morgan fingerprint density at radius 3 is 2.35 bits per heavy atom. The normalized spacial score (nSPS) is 12.7. The highest BCUT2D eigenvalue weighted by Crippen LogP contribution is 2.16. The van der Waals surface area contributed by atoms with Gasteiger partial charge < -0.3 is 5.32 Å². The number of benzene rings is 2. The molecule has 1 unspecified atom stereocenters. The van der Waals surface area contributed by atoms with Crippen LogP contribution in [0.15, 0.2) is 53.4 Å². The molecule has 23 heavy (non-hydrogen) atoms. The van der Waals surface area contributed by atoms with Gasteiger partial charge >= 0.3 is 0 Å². The number of hydrogen-bond acceptors (Lipinski definition) is 3. The molecule has 122 valence electrons. The molecule has 2 aromatic rings. The van der Waals surface area contributed by atoms with Gasteiger partial charge in [-0.15, -0.1) is 0 Å². The maximum atomic E-state index is 12.3. The minimum atomic E-state index is -3.33. The quantitative estimate of drug-likeness (QED) is 0.915. The van der Waals surface area contributed by atoms with Crippen molar-refractivity contribution in [2.75, 3.05) is 6.26 Å². The molecule has 0 radical (unpaired) electrons. The summed E-state index contributed by atoms with van der Waals surface area (Å²) in [6.45, 7) is 3.99. The summed E-state index contributed by atoms with van der Waals surface area (Å²) < 4.78 is 23.2. The first-order valence-corrected chi connectivity index (χ1v) is 9.40. The van der Waals surface area contributed by atoms with E-state index in [1.54, 1.807) is 12.1 Å². The molecule has 5 heteroatoms. The van der Waals surface area contributed by atoms with E-state index >= 15 is 0 Å². The second-order valence-electron chi connectivity index (χ2n) is 5.59. The second kappa shape index (κ2) is 6.96. The monoisotopic (exact) mass is 331 g/mol. The Bertz CT molecular complexity index is 795. The molecule has 0 aliphatic rings. The zero-order valence-corrected chi connectivity index (χ0v) is 14.4. The molecule has 0 aliphatic carbocycles. The summed E-state index contributed by atoms with van der Waals surface area (Å²) >= 11 is 0. The first kappa shape index (κ1) is 17.2. The summed E-state index contributed by atoms with van der Waals surface area (Å²) in [5.41, 5.74) is 2.59. The van der Waals surface area contributed by atoms with E-state index in [2.05, 4.69) is 12.2 Å². The van der Waals surface area contributed by atoms with E-state index in [4.69, 9.17) is 0 Å². The number of aryl methyl sites for hydroxylation is 1. The van der Waals surface area contributed by atoms with Crippen molar-refractivity contribution in [3.05, 3.63) is 65.2 Å². The van der Waals surface area contributed by atoms with Crippen molar-refractivity contribution < 1.29 is 13.2 Å². The van der Waals surface area contributed by atoms with Gasteiger partial charge in [-0.05, 0) is 42.7 Å². The smallest absolute Gasteiger partial charge is 0.251 e. The third-order valence-corrected chi connectivity index (χ3v) is 4.87. The SMILES string of the molecule is CCc1ccc(C(C)NC(=O)c2cccc(S(C)(=O)=O)c2)cc1. The van der Waals surface area contributed by atoms with E-state index in [0.717, 1.165) is 18.2 Å². The second-order valence-corrected chi connectivity index (χ2v) is 7.61. The van der Waals surface area contributed by atoms with Crippen molar-refractivity contribution in [3.63, 3.8) is 0 Å². The average Bonchev–Trinajstić information content (AvgIpc) is 2.54. The molecular weight excluding hydrogens is 310 g/mol. The highest BCUT2D eigenvalue weighted by atomic mass is 32.2. The molecule has 0 saturated heterocycles. The minimum absolute atomic E-state index is 0.144. The molecule has 0 heterocycles. The lowest BCUT2D eigenvalue weighted by Crippen LogP contribution is -2.26. The predicted octanol–water partition coefficient (Wildman–Crippen LogP) is 3.14. The zero-order valence-electron chi connectivity index (χ0n) is 13.5. The first-order valence-electron chi connectivity index (χ1n) is 7.51. The van der Waals surface area contributed by atoms with E-state index in [9.17, 15) is 13.2 Å². The number of nitrogens with one attached hydrogen (secondary N) is 1. The predicted molar refractivity (Wildman–Crippen MR) is 91.3 cm³/mol. The van der Waals surface area contributed by atoms with Gasteiger partial charge in [0.05, 0.1) is 10.9 Å². The fourth-order valence-electron chi connectivity index (χ4n) is 2.27. The molecule has 4 nitrogen and oxygen atoms in total. The van der Waals surface area contributed by atoms with Gasteiger partial charge in [-0.25, -0.2) is 8.42 Å². The van der Waals surface area contributed by atoms with E-state index in [1.165, 1.54) is 17.7 Å². The first-order chi connectivity index (χ1) is 10.8. The molecule has 1 amide bonds. The maximum absolute atomic E-state index is 12.3. The van der Waals surface area contributed by atoms with Crippen molar-refractivity contribution in [1.29, 1.82) is 0 Å². The Kier molecular flexibility index (Phi) is 5.21. The van der Waals surface area contributed by atoms with Crippen LogP contribution < -0.4 is 5.32 Å². The van der Waals surface area contributed by atoms with Crippen LogP contribution in [-0.4, -0.2) is 20.6 Å².